The minimum Gasteiger partial charge on any atom is -0.490 e. The van der Waals surface area contributed by atoms with Crippen molar-refractivity contribution in [1.29, 1.82) is 0 Å². The first-order valence-electron chi connectivity index (χ1n) is 5.72. The quantitative estimate of drug-likeness (QED) is 0.678. The van der Waals surface area contributed by atoms with Crippen LogP contribution in [0.1, 0.15) is 40.0 Å². The van der Waals surface area contributed by atoms with Gasteiger partial charge in [-0.1, -0.05) is 13.8 Å². The van der Waals surface area contributed by atoms with Gasteiger partial charge >= 0.3 is 0 Å². The van der Waals surface area contributed by atoms with Gasteiger partial charge in [0.15, 0.2) is 5.76 Å². The SMILES string of the molecule is CCOC(CC)(CC)C(=O)C1=CCCO1. The highest BCUT2D eigenvalue weighted by Crippen LogP contribution is 2.27. The first-order valence-corrected chi connectivity index (χ1v) is 5.72. The second-order valence-electron chi connectivity index (χ2n) is 3.67. The lowest BCUT2D eigenvalue weighted by molar-refractivity contribution is -0.144. The maximum Gasteiger partial charge on any atom is 0.228 e. The van der Waals surface area contributed by atoms with E-state index < -0.39 is 5.60 Å². The molecule has 0 bridgehead atoms. The summed E-state index contributed by atoms with van der Waals surface area (Å²) in [6, 6.07) is 0. The van der Waals surface area contributed by atoms with Crippen molar-refractivity contribution in [3.63, 3.8) is 0 Å². The first-order chi connectivity index (χ1) is 7.20. The minimum atomic E-state index is -0.676. The molecule has 0 aliphatic carbocycles. The third-order valence-corrected chi connectivity index (χ3v) is 2.91. The Labute approximate surface area is 91.4 Å². The van der Waals surface area contributed by atoms with Crippen LogP contribution in [0.3, 0.4) is 0 Å². The van der Waals surface area contributed by atoms with Crippen LogP contribution in [0.15, 0.2) is 11.8 Å². The summed E-state index contributed by atoms with van der Waals surface area (Å²) >= 11 is 0. The van der Waals surface area contributed by atoms with Gasteiger partial charge in [-0.25, -0.2) is 0 Å². The Hall–Kier alpha value is -0.830. The lowest BCUT2D eigenvalue weighted by Crippen LogP contribution is -2.41. The van der Waals surface area contributed by atoms with Crippen molar-refractivity contribution in [2.24, 2.45) is 0 Å². The summed E-state index contributed by atoms with van der Waals surface area (Å²) in [6.45, 7) is 7.05. The highest BCUT2D eigenvalue weighted by atomic mass is 16.5. The molecule has 0 saturated heterocycles. The van der Waals surface area contributed by atoms with Crippen LogP contribution in [0.2, 0.25) is 0 Å². The molecule has 0 aromatic carbocycles. The van der Waals surface area contributed by atoms with Crippen LogP contribution >= 0.6 is 0 Å². The highest BCUT2D eigenvalue weighted by molar-refractivity contribution is 6.00. The Morgan fingerprint density at radius 1 is 1.47 bits per heavy atom. The maximum absolute atomic E-state index is 12.2. The Kier molecular flexibility index (Phi) is 4.33. The Morgan fingerprint density at radius 3 is 2.53 bits per heavy atom. The van der Waals surface area contributed by atoms with Crippen molar-refractivity contribution in [3.05, 3.63) is 11.8 Å². The number of carbonyl (C=O) groups excluding carboxylic acids is 1. The van der Waals surface area contributed by atoms with Crippen LogP contribution in [0.25, 0.3) is 0 Å². The average molecular weight is 212 g/mol. The van der Waals surface area contributed by atoms with Crippen LogP contribution < -0.4 is 0 Å². The molecule has 1 heterocycles. The standard InChI is InChI=1S/C12H20O3/c1-4-12(5-2,15-6-3)11(13)10-8-7-9-14-10/h8H,4-7,9H2,1-3H3. The fraction of sp³-hybridized carbons (Fsp3) is 0.750. The number of hydrogen-bond donors (Lipinski definition) is 0. The van der Waals surface area contributed by atoms with Crippen LogP contribution in [-0.4, -0.2) is 24.6 Å². The van der Waals surface area contributed by atoms with Gasteiger partial charge in [-0.3, -0.25) is 4.79 Å². The second kappa shape index (κ2) is 5.31. The van der Waals surface area contributed by atoms with Gasteiger partial charge in [0.1, 0.15) is 5.60 Å². The van der Waals surface area contributed by atoms with E-state index in [0.717, 1.165) is 6.42 Å². The highest BCUT2D eigenvalue weighted by Gasteiger charge is 2.38. The van der Waals surface area contributed by atoms with E-state index in [0.29, 0.717) is 31.8 Å². The number of Topliss-reactive ketones (excluding diaryl/α,β-unsaturated/α-hetero) is 1. The van der Waals surface area contributed by atoms with Gasteiger partial charge in [-0.05, 0) is 25.8 Å². The molecule has 86 valence electrons. The van der Waals surface area contributed by atoms with Crippen molar-refractivity contribution in [2.75, 3.05) is 13.2 Å². The van der Waals surface area contributed by atoms with E-state index >= 15 is 0 Å². The number of carbonyl (C=O) groups is 1. The van der Waals surface area contributed by atoms with E-state index in [4.69, 9.17) is 9.47 Å². The third-order valence-electron chi connectivity index (χ3n) is 2.91. The molecular formula is C12H20O3. The fourth-order valence-corrected chi connectivity index (χ4v) is 1.92. The van der Waals surface area contributed by atoms with Crippen LogP contribution in [0, 0.1) is 0 Å². The van der Waals surface area contributed by atoms with Gasteiger partial charge < -0.3 is 9.47 Å². The van der Waals surface area contributed by atoms with Crippen LogP contribution in [-0.2, 0) is 14.3 Å². The van der Waals surface area contributed by atoms with E-state index in [2.05, 4.69) is 0 Å². The summed E-state index contributed by atoms with van der Waals surface area (Å²) in [5.74, 6) is 0.499. The first kappa shape index (κ1) is 12.2. The van der Waals surface area contributed by atoms with Crippen molar-refractivity contribution >= 4 is 5.78 Å². The van der Waals surface area contributed by atoms with E-state index in [1.54, 1.807) is 0 Å². The average Bonchev–Trinajstić information content (AvgIpc) is 2.78. The van der Waals surface area contributed by atoms with Gasteiger partial charge in [0, 0.05) is 13.0 Å². The molecule has 0 saturated carbocycles. The molecule has 3 nitrogen and oxygen atoms in total. The fourth-order valence-electron chi connectivity index (χ4n) is 1.92. The molecule has 3 heteroatoms. The zero-order valence-corrected chi connectivity index (χ0v) is 9.84. The summed E-state index contributed by atoms with van der Waals surface area (Å²) in [7, 11) is 0. The van der Waals surface area contributed by atoms with Crippen molar-refractivity contribution in [3.8, 4) is 0 Å². The lowest BCUT2D eigenvalue weighted by atomic mass is 9.90. The molecule has 1 aliphatic heterocycles. The minimum absolute atomic E-state index is 0.00634. The molecule has 0 aromatic rings. The van der Waals surface area contributed by atoms with Crippen molar-refractivity contribution in [2.45, 2.75) is 45.6 Å². The van der Waals surface area contributed by atoms with Crippen molar-refractivity contribution in [1.82, 2.24) is 0 Å². The number of ketones is 1. The molecule has 0 atom stereocenters. The number of ether oxygens (including phenoxy) is 2. The van der Waals surface area contributed by atoms with E-state index in [9.17, 15) is 4.79 Å². The maximum atomic E-state index is 12.2. The van der Waals surface area contributed by atoms with Gasteiger partial charge in [-0.2, -0.15) is 0 Å². The van der Waals surface area contributed by atoms with Gasteiger partial charge in [-0.15, -0.1) is 0 Å². The number of rotatable bonds is 6. The zero-order valence-electron chi connectivity index (χ0n) is 9.84. The van der Waals surface area contributed by atoms with Gasteiger partial charge in [0.25, 0.3) is 0 Å². The normalized spacial score (nSPS) is 16.1. The molecule has 0 unspecified atom stereocenters. The third kappa shape index (κ3) is 2.40. The summed E-state index contributed by atoms with van der Waals surface area (Å²) < 4.78 is 10.9. The Bertz CT molecular complexity index is 252. The smallest absolute Gasteiger partial charge is 0.228 e. The molecule has 0 N–H and O–H groups in total. The van der Waals surface area contributed by atoms with E-state index in [1.165, 1.54) is 0 Å². The molecular weight excluding hydrogens is 192 g/mol. The van der Waals surface area contributed by atoms with Crippen LogP contribution in [0.5, 0.6) is 0 Å². The summed E-state index contributed by atoms with van der Waals surface area (Å²) in [5.41, 5.74) is -0.676. The second-order valence-corrected chi connectivity index (χ2v) is 3.67. The number of hydrogen-bond acceptors (Lipinski definition) is 3. The summed E-state index contributed by atoms with van der Waals surface area (Å²) in [4.78, 5) is 12.2. The Balaban J connectivity index is 2.82. The summed E-state index contributed by atoms with van der Waals surface area (Å²) in [6.07, 6.45) is 4.08. The molecule has 0 fully saturated rings. The molecule has 0 aromatic heterocycles. The van der Waals surface area contributed by atoms with Gasteiger partial charge in [0.2, 0.25) is 5.78 Å². The molecule has 0 amide bonds. The van der Waals surface area contributed by atoms with Crippen LogP contribution in [0.4, 0.5) is 0 Å². The predicted molar refractivity (Wildman–Crippen MR) is 58.6 cm³/mol. The van der Waals surface area contributed by atoms with Gasteiger partial charge in [0.05, 0.1) is 6.61 Å². The predicted octanol–water partition coefficient (Wildman–Crippen LogP) is 2.46. The molecule has 0 radical (unpaired) electrons. The molecule has 1 rings (SSSR count). The lowest BCUT2D eigenvalue weighted by Gasteiger charge is -2.29. The van der Waals surface area contributed by atoms with Crippen molar-refractivity contribution < 1.29 is 14.3 Å². The Morgan fingerprint density at radius 2 is 2.13 bits per heavy atom. The topological polar surface area (TPSA) is 35.5 Å². The van der Waals surface area contributed by atoms with E-state index in [-0.39, 0.29) is 5.78 Å². The molecule has 15 heavy (non-hydrogen) atoms. The summed E-state index contributed by atoms with van der Waals surface area (Å²) in [5, 5.41) is 0. The monoisotopic (exact) mass is 212 g/mol. The van der Waals surface area contributed by atoms with E-state index in [1.807, 2.05) is 26.8 Å². The zero-order chi connectivity index (χ0) is 11.3. The molecule has 1 aliphatic rings. The molecule has 0 spiro atoms. The largest absolute Gasteiger partial charge is 0.490 e.